The first kappa shape index (κ1) is 18.6. The second-order valence-corrected chi connectivity index (χ2v) is 7.73. The molecule has 8 heteroatoms. The highest BCUT2D eigenvalue weighted by Crippen LogP contribution is 2.31. The zero-order valence-electron chi connectivity index (χ0n) is 16.4. The molecule has 0 spiro atoms. The third-order valence-electron chi connectivity index (χ3n) is 5.71. The predicted molar refractivity (Wildman–Crippen MR) is 108 cm³/mol. The van der Waals surface area contributed by atoms with E-state index in [1.807, 2.05) is 17.0 Å². The van der Waals surface area contributed by atoms with Crippen molar-refractivity contribution in [2.75, 3.05) is 26.2 Å². The average Bonchev–Trinajstić information content (AvgIpc) is 3.30. The Kier molecular flexibility index (Phi) is 4.61. The van der Waals surface area contributed by atoms with Gasteiger partial charge in [0, 0.05) is 44.5 Å². The van der Waals surface area contributed by atoms with Crippen molar-refractivity contribution in [1.29, 1.82) is 0 Å². The van der Waals surface area contributed by atoms with Crippen LogP contribution < -0.4 is 0 Å². The van der Waals surface area contributed by atoms with Gasteiger partial charge in [0.25, 0.3) is 5.91 Å². The summed E-state index contributed by atoms with van der Waals surface area (Å²) in [5.74, 6) is 0.306. The van der Waals surface area contributed by atoms with Crippen molar-refractivity contribution in [1.82, 2.24) is 24.1 Å². The smallest absolute Gasteiger partial charge is 0.259 e. The number of hydrogen-bond acceptors (Lipinski definition) is 3. The first-order valence-electron chi connectivity index (χ1n) is 10.2. The topological polar surface area (TPSA) is 63.4 Å². The number of nitrogens with zero attached hydrogens (tertiary/aromatic N) is 5. The Morgan fingerprint density at radius 1 is 0.933 bits per heavy atom. The molecular weight excluding hydrogens is 385 g/mol. The zero-order valence-corrected chi connectivity index (χ0v) is 16.4. The number of aromatic nitrogens is 3. The van der Waals surface area contributed by atoms with Crippen molar-refractivity contribution in [2.45, 2.75) is 12.8 Å². The second kappa shape index (κ2) is 7.44. The molecule has 1 aliphatic carbocycles. The highest BCUT2D eigenvalue weighted by molar-refractivity contribution is 5.97. The van der Waals surface area contributed by atoms with Gasteiger partial charge in [-0.1, -0.05) is 12.1 Å². The van der Waals surface area contributed by atoms with Crippen molar-refractivity contribution in [3.8, 4) is 11.5 Å². The summed E-state index contributed by atoms with van der Waals surface area (Å²) in [7, 11) is 0. The summed E-state index contributed by atoms with van der Waals surface area (Å²) in [5.41, 5.74) is 0.677. The maximum Gasteiger partial charge on any atom is 0.259 e. The minimum atomic E-state index is -0.416. The van der Waals surface area contributed by atoms with Crippen molar-refractivity contribution < 1.29 is 14.0 Å². The number of benzene rings is 1. The quantitative estimate of drug-likeness (QED) is 0.668. The van der Waals surface area contributed by atoms with Crippen LogP contribution in [0.3, 0.4) is 0 Å². The van der Waals surface area contributed by atoms with E-state index in [-0.39, 0.29) is 23.4 Å². The summed E-state index contributed by atoms with van der Waals surface area (Å²) in [6.45, 7) is 2.04. The van der Waals surface area contributed by atoms with Crippen molar-refractivity contribution in [3.63, 3.8) is 0 Å². The molecule has 2 aromatic heterocycles. The molecule has 0 bridgehead atoms. The number of amides is 2. The van der Waals surface area contributed by atoms with Gasteiger partial charge in [0.05, 0.1) is 6.20 Å². The van der Waals surface area contributed by atoms with Crippen LogP contribution in [-0.2, 0) is 4.79 Å². The van der Waals surface area contributed by atoms with Crippen LogP contribution in [0.1, 0.15) is 23.2 Å². The molecule has 7 nitrogen and oxygen atoms in total. The minimum absolute atomic E-state index is 0.167. The molecule has 1 aromatic carbocycles. The zero-order chi connectivity index (χ0) is 20.7. The van der Waals surface area contributed by atoms with Gasteiger partial charge in [-0.05, 0) is 37.1 Å². The van der Waals surface area contributed by atoms with Crippen LogP contribution in [0.15, 0.2) is 55.0 Å². The number of carbonyl (C=O) groups is 2. The monoisotopic (exact) mass is 407 g/mol. The van der Waals surface area contributed by atoms with Gasteiger partial charge in [-0.2, -0.15) is 5.10 Å². The van der Waals surface area contributed by atoms with Crippen LogP contribution in [-0.4, -0.2) is 62.1 Å². The lowest BCUT2D eigenvalue weighted by molar-refractivity contribution is -0.134. The SMILES string of the molecule is O=C(c1cnn(-c2ccccc2F)c1-n1cccc1)N1CCN(C(=O)C2CC2)CC1. The Morgan fingerprint density at radius 2 is 1.60 bits per heavy atom. The third-order valence-corrected chi connectivity index (χ3v) is 5.71. The van der Waals surface area contributed by atoms with Crippen molar-refractivity contribution in [3.05, 3.63) is 66.4 Å². The molecule has 0 N–H and O–H groups in total. The van der Waals surface area contributed by atoms with E-state index in [4.69, 9.17) is 0 Å². The lowest BCUT2D eigenvalue weighted by Crippen LogP contribution is -2.51. The molecule has 3 heterocycles. The molecule has 2 aliphatic rings. The largest absolute Gasteiger partial charge is 0.339 e. The van der Waals surface area contributed by atoms with Gasteiger partial charge >= 0.3 is 0 Å². The highest BCUT2D eigenvalue weighted by atomic mass is 19.1. The first-order valence-corrected chi connectivity index (χ1v) is 10.2. The molecule has 1 saturated carbocycles. The lowest BCUT2D eigenvalue weighted by atomic mass is 10.2. The summed E-state index contributed by atoms with van der Waals surface area (Å²) in [6.07, 6.45) is 7.06. The second-order valence-electron chi connectivity index (χ2n) is 7.73. The molecule has 2 fully saturated rings. The Hall–Kier alpha value is -3.42. The van der Waals surface area contributed by atoms with E-state index in [9.17, 15) is 14.0 Å². The molecular formula is C22H22FN5O2. The number of carbonyl (C=O) groups excluding carboxylic acids is 2. The average molecular weight is 407 g/mol. The number of piperazine rings is 1. The van der Waals surface area contributed by atoms with E-state index in [2.05, 4.69) is 5.10 Å². The van der Waals surface area contributed by atoms with E-state index in [1.165, 1.54) is 16.9 Å². The highest BCUT2D eigenvalue weighted by Gasteiger charge is 2.35. The van der Waals surface area contributed by atoms with Crippen LogP contribution >= 0.6 is 0 Å². The van der Waals surface area contributed by atoms with E-state index >= 15 is 0 Å². The van der Waals surface area contributed by atoms with E-state index in [1.54, 1.807) is 40.1 Å². The summed E-state index contributed by atoms with van der Waals surface area (Å²) in [5, 5.41) is 4.34. The predicted octanol–water partition coefficient (Wildman–Crippen LogP) is 2.50. The van der Waals surface area contributed by atoms with Gasteiger partial charge in [0.15, 0.2) is 5.82 Å². The fourth-order valence-corrected chi connectivity index (χ4v) is 3.91. The molecule has 0 atom stereocenters. The number of rotatable bonds is 4. The van der Waals surface area contributed by atoms with Crippen LogP contribution in [0.4, 0.5) is 4.39 Å². The first-order chi connectivity index (χ1) is 14.6. The summed E-state index contributed by atoms with van der Waals surface area (Å²) >= 11 is 0. The van der Waals surface area contributed by atoms with Crippen LogP contribution in [0.25, 0.3) is 11.5 Å². The van der Waals surface area contributed by atoms with Gasteiger partial charge in [-0.3, -0.25) is 9.59 Å². The summed E-state index contributed by atoms with van der Waals surface area (Å²) < 4.78 is 17.7. The number of halogens is 1. The molecule has 30 heavy (non-hydrogen) atoms. The number of hydrogen-bond donors (Lipinski definition) is 0. The van der Waals surface area contributed by atoms with Crippen LogP contribution in [0.2, 0.25) is 0 Å². The molecule has 1 aliphatic heterocycles. The lowest BCUT2D eigenvalue weighted by Gasteiger charge is -2.35. The Balaban J connectivity index is 1.44. The third kappa shape index (κ3) is 3.28. The molecule has 0 radical (unpaired) electrons. The van der Waals surface area contributed by atoms with Gasteiger partial charge in [-0.25, -0.2) is 9.07 Å². The van der Waals surface area contributed by atoms with Crippen molar-refractivity contribution >= 4 is 11.8 Å². The van der Waals surface area contributed by atoms with Gasteiger partial charge in [0.1, 0.15) is 17.1 Å². The van der Waals surface area contributed by atoms with Crippen molar-refractivity contribution in [2.24, 2.45) is 5.92 Å². The Bertz CT molecular complexity index is 1080. The Labute approximate surface area is 173 Å². The van der Waals surface area contributed by atoms with Gasteiger partial charge in [-0.15, -0.1) is 0 Å². The maximum atomic E-state index is 14.4. The molecule has 154 valence electrons. The molecule has 2 amide bonds. The molecule has 1 saturated heterocycles. The normalized spacial score (nSPS) is 16.7. The molecule has 0 unspecified atom stereocenters. The fourth-order valence-electron chi connectivity index (χ4n) is 3.91. The van der Waals surface area contributed by atoms with Crippen LogP contribution in [0, 0.1) is 11.7 Å². The molecule has 5 rings (SSSR count). The van der Waals surface area contributed by atoms with E-state index in [0.717, 1.165) is 12.8 Å². The Morgan fingerprint density at radius 3 is 2.27 bits per heavy atom. The molecule has 3 aromatic rings. The van der Waals surface area contributed by atoms with Crippen LogP contribution in [0.5, 0.6) is 0 Å². The fraction of sp³-hybridized carbons (Fsp3) is 0.318. The maximum absolute atomic E-state index is 14.4. The standard InChI is InChI=1S/C22H22FN5O2/c23-18-5-1-2-6-19(18)28-20(25-9-3-4-10-25)17(15-24-28)22(30)27-13-11-26(12-14-27)21(29)16-7-8-16/h1-6,9-10,15-16H,7-8,11-14H2. The van der Waals surface area contributed by atoms with Gasteiger partial charge < -0.3 is 14.4 Å². The van der Waals surface area contributed by atoms with E-state index in [0.29, 0.717) is 37.6 Å². The summed E-state index contributed by atoms with van der Waals surface area (Å²) in [6, 6.07) is 10.0. The summed E-state index contributed by atoms with van der Waals surface area (Å²) in [4.78, 5) is 29.2. The van der Waals surface area contributed by atoms with E-state index < -0.39 is 5.82 Å². The number of para-hydroxylation sites is 1. The minimum Gasteiger partial charge on any atom is -0.339 e. The van der Waals surface area contributed by atoms with Gasteiger partial charge in [0.2, 0.25) is 5.91 Å².